The van der Waals surface area contributed by atoms with Crippen molar-refractivity contribution in [1.29, 1.82) is 0 Å². The number of methoxy groups -OCH3 is 1. The number of aromatic nitrogens is 1. The summed E-state index contributed by atoms with van der Waals surface area (Å²) in [4.78, 5) is 6.69. The standard InChI is InChI=1S/C23H20N2O/c1-26-21-12-10-20(11-13-21)25-17-15-18-6-2-3-8-22(18)23(25)14-9-19-7-4-5-16-24-19/h2-8,10-13,16,23H,15,17H2,1H3. The van der Waals surface area contributed by atoms with Gasteiger partial charge in [-0.15, -0.1) is 0 Å². The molecule has 3 heteroatoms. The van der Waals surface area contributed by atoms with Gasteiger partial charge < -0.3 is 9.64 Å². The molecule has 0 saturated heterocycles. The van der Waals surface area contributed by atoms with Gasteiger partial charge >= 0.3 is 0 Å². The van der Waals surface area contributed by atoms with E-state index in [4.69, 9.17) is 4.74 Å². The van der Waals surface area contributed by atoms with E-state index in [-0.39, 0.29) is 6.04 Å². The van der Waals surface area contributed by atoms with Crippen LogP contribution in [0.2, 0.25) is 0 Å². The molecule has 0 saturated carbocycles. The SMILES string of the molecule is COc1ccc(N2CCc3ccccc3C2C#Cc2ccccn2)cc1. The van der Waals surface area contributed by atoms with E-state index >= 15 is 0 Å². The Balaban J connectivity index is 1.74. The van der Waals surface area contributed by atoms with Gasteiger partial charge in [0.1, 0.15) is 17.5 Å². The van der Waals surface area contributed by atoms with Crippen LogP contribution < -0.4 is 9.64 Å². The van der Waals surface area contributed by atoms with Crippen molar-refractivity contribution in [2.24, 2.45) is 0 Å². The van der Waals surface area contributed by atoms with Gasteiger partial charge in [-0.1, -0.05) is 36.3 Å². The molecule has 1 unspecified atom stereocenters. The number of pyridine rings is 1. The van der Waals surface area contributed by atoms with Crippen molar-refractivity contribution in [3.63, 3.8) is 0 Å². The summed E-state index contributed by atoms with van der Waals surface area (Å²) in [5.74, 6) is 7.57. The van der Waals surface area contributed by atoms with Gasteiger partial charge in [0.2, 0.25) is 0 Å². The second-order valence-corrected chi connectivity index (χ2v) is 6.23. The lowest BCUT2D eigenvalue weighted by Crippen LogP contribution is -2.34. The molecule has 0 spiro atoms. The molecule has 0 aliphatic carbocycles. The molecule has 1 atom stereocenters. The Bertz CT molecular complexity index is 939. The summed E-state index contributed by atoms with van der Waals surface area (Å²) in [6.07, 6.45) is 2.80. The zero-order chi connectivity index (χ0) is 17.8. The van der Waals surface area contributed by atoms with E-state index in [1.807, 2.05) is 30.3 Å². The van der Waals surface area contributed by atoms with Crippen molar-refractivity contribution >= 4 is 5.69 Å². The molecule has 0 bridgehead atoms. The summed E-state index contributed by atoms with van der Waals surface area (Å²) in [6, 6.07) is 22.6. The highest BCUT2D eigenvalue weighted by Gasteiger charge is 2.26. The van der Waals surface area contributed by atoms with E-state index in [2.05, 4.69) is 58.1 Å². The molecule has 1 aromatic heterocycles. The quantitative estimate of drug-likeness (QED) is 0.652. The molecule has 4 rings (SSSR count). The van der Waals surface area contributed by atoms with Gasteiger partial charge in [0.05, 0.1) is 7.11 Å². The van der Waals surface area contributed by atoms with Crippen molar-refractivity contribution < 1.29 is 4.74 Å². The Morgan fingerprint density at radius 3 is 2.58 bits per heavy atom. The minimum atomic E-state index is 0.00958. The largest absolute Gasteiger partial charge is 0.497 e. The van der Waals surface area contributed by atoms with Gasteiger partial charge in [0, 0.05) is 18.4 Å². The second kappa shape index (κ2) is 7.33. The predicted molar refractivity (Wildman–Crippen MR) is 104 cm³/mol. The molecular formula is C23H20N2O. The summed E-state index contributed by atoms with van der Waals surface area (Å²) >= 11 is 0. The van der Waals surface area contributed by atoms with Crippen LogP contribution in [0.4, 0.5) is 5.69 Å². The van der Waals surface area contributed by atoms with Crippen molar-refractivity contribution in [3.05, 3.63) is 89.7 Å². The summed E-state index contributed by atoms with van der Waals surface area (Å²) in [5, 5.41) is 0. The highest BCUT2D eigenvalue weighted by atomic mass is 16.5. The average molecular weight is 340 g/mol. The van der Waals surface area contributed by atoms with Crippen LogP contribution in [-0.4, -0.2) is 18.6 Å². The first-order valence-electron chi connectivity index (χ1n) is 8.76. The molecule has 3 aromatic rings. The third-order valence-electron chi connectivity index (χ3n) is 4.69. The fraction of sp³-hybridized carbons (Fsp3) is 0.174. The molecule has 2 heterocycles. The lowest BCUT2D eigenvalue weighted by Gasteiger charge is -2.36. The highest BCUT2D eigenvalue weighted by Crippen LogP contribution is 2.34. The molecular weight excluding hydrogens is 320 g/mol. The molecule has 0 amide bonds. The van der Waals surface area contributed by atoms with Gasteiger partial charge in [-0.05, 0) is 59.9 Å². The number of fused-ring (bicyclic) bond motifs is 1. The fourth-order valence-corrected chi connectivity index (χ4v) is 3.35. The Morgan fingerprint density at radius 1 is 1.00 bits per heavy atom. The first kappa shape index (κ1) is 16.2. The van der Waals surface area contributed by atoms with E-state index in [9.17, 15) is 0 Å². The van der Waals surface area contributed by atoms with Crippen LogP contribution >= 0.6 is 0 Å². The maximum atomic E-state index is 5.29. The van der Waals surface area contributed by atoms with E-state index in [0.717, 1.165) is 30.1 Å². The zero-order valence-electron chi connectivity index (χ0n) is 14.7. The smallest absolute Gasteiger partial charge is 0.119 e. The van der Waals surface area contributed by atoms with Crippen LogP contribution in [0, 0.1) is 11.8 Å². The van der Waals surface area contributed by atoms with E-state index < -0.39 is 0 Å². The average Bonchev–Trinajstić information content (AvgIpc) is 2.73. The number of anilines is 1. The summed E-state index contributed by atoms with van der Waals surface area (Å²) < 4.78 is 5.29. The lowest BCUT2D eigenvalue weighted by molar-refractivity contribution is 0.415. The molecule has 0 fully saturated rings. The maximum Gasteiger partial charge on any atom is 0.119 e. The number of rotatable bonds is 2. The number of ether oxygens (including phenoxy) is 1. The molecule has 2 aromatic carbocycles. The summed E-state index contributed by atoms with van der Waals surface area (Å²) in [7, 11) is 1.69. The monoisotopic (exact) mass is 340 g/mol. The highest BCUT2D eigenvalue weighted by molar-refractivity contribution is 5.56. The number of nitrogens with zero attached hydrogens (tertiary/aromatic N) is 2. The van der Waals surface area contributed by atoms with Gasteiger partial charge in [-0.25, -0.2) is 4.98 Å². The lowest BCUT2D eigenvalue weighted by atomic mass is 9.92. The minimum Gasteiger partial charge on any atom is -0.497 e. The van der Waals surface area contributed by atoms with Crippen LogP contribution in [-0.2, 0) is 6.42 Å². The van der Waals surface area contributed by atoms with Crippen LogP contribution in [0.25, 0.3) is 0 Å². The van der Waals surface area contributed by atoms with Crippen LogP contribution in [0.3, 0.4) is 0 Å². The van der Waals surface area contributed by atoms with Crippen molar-refractivity contribution in [2.75, 3.05) is 18.6 Å². The Morgan fingerprint density at radius 2 is 1.81 bits per heavy atom. The molecule has 0 N–H and O–H groups in total. The van der Waals surface area contributed by atoms with Crippen molar-refractivity contribution in [1.82, 2.24) is 4.98 Å². The third-order valence-corrected chi connectivity index (χ3v) is 4.69. The fourth-order valence-electron chi connectivity index (χ4n) is 3.35. The number of hydrogen-bond donors (Lipinski definition) is 0. The van der Waals surface area contributed by atoms with Gasteiger partial charge in [-0.2, -0.15) is 0 Å². The van der Waals surface area contributed by atoms with Crippen molar-refractivity contribution in [2.45, 2.75) is 12.5 Å². The van der Waals surface area contributed by atoms with E-state index in [0.29, 0.717) is 0 Å². The minimum absolute atomic E-state index is 0.00958. The topological polar surface area (TPSA) is 25.4 Å². The maximum absolute atomic E-state index is 5.29. The van der Waals surface area contributed by atoms with Crippen LogP contribution in [0.15, 0.2) is 72.9 Å². The molecule has 3 nitrogen and oxygen atoms in total. The zero-order valence-corrected chi connectivity index (χ0v) is 14.7. The predicted octanol–water partition coefficient (Wildman–Crippen LogP) is 4.25. The molecule has 0 radical (unpaired) electrons. The molecule has 26 heavy (non-hydrogen) atoms. The molecule has 1 aliphatic heterocycles. The Labute approximate surface area is 154 Å². The number of benzene rings is 2. The van der Waals surface area contributed by atoms with Crippen molar-refractivity contribution in [3.8, 4) is 17.6 Å². The first-order valence-corrected chi connectivity index (χ1v) is 8.76. The third kappa shape index (κ3) is 3.27. The van der Waals surface area contributed by atoms with Gasteiger partial charge in [0.25, 0.3) is 0 Å². The van der Waals surface area contributed by atoms with Crippen LogP contribution in [0.1, 0.15) is 22.9 Å². The Kier molecular flexibility index (Phi) is 4.57. The first-order chi connectivity index (χ1) is 12.8. The van der Waals surface area contributed by atoms with E-state index in [1.165, 1.54) is 11.1 Å². The normalized spacial score (nSPS) is 15.6. The number of hydrogen-bond acceptors (Lipinski definition) is 3. The van der Waals surface area contributed by atoms with E-state index in [1.54, 1.807) is 13.3 Å². The van der Waals surface area contributed by atoms with Gasteiger partial charge in [-0.3, -0.25) is 0 Å². The molecule has 128 valence electrons. The molecule has 1 aliphatic rings. The van der Waals surface area contributed by atoms with Crippen LogP contribution in [0.5, 0.6) is 5.75 Å². The second-order valence-electron chi connectivity index (χ2n) is 6.23. The summed E-state index contributed by atoms with van der Waals surface area (Å²) in [5.41, 5.74) is 4.60. The Hall–Kier alpha value is -3.25. The van der Waals surface area contributed by atoms with Gasteiger partial charge in [0.15, 0.2) is 0 Å². The summed E-state index contributed by atoms with van der Waals surface area (Å²) in [6.45, 7) is 0.935.